The molecule has 1 aliphatic heterocycles. The van der Waals surface area contributed by atoms with Gasteiger partial charge in [-0.3, -0.25) is 4.79 Å². The lowest BCUT2D eigenvalue weighted by Crippen LogP contribution is -2.48. The van der Waals surface area contributed by atoms with E-state index in [0.717, 1.165) is 25.0 Å². The number of carbonyl (C=O) groups excluding carboxylic acids is 1. The molecule has 1 atom stereocenters. The van der Waals surface area contributed by atoms with Gasteiger partial charge in [-0.05, 0) is 57.4 Å². The summed E-state index contributed by atoms with van der Waals surface area (Å²) in [5, 5.41) is 3.58. The van der Waals surface area contributed by atoms with E-state index in [0.29, 0.717) is 17.3 Å². The number of nitrogens with one attached hydrogen (secondary N) is 1. The normalized spacial score (nSPS) is 18.6. The highest BCUT2D eigenvalue weighted by atomic mass is 35.5. The van der Waals surface area contributed by atoms with Gasteiger partial charge in [0.15, 0.2) is 5.60 Å². The molecule has 1 N–H and O–H groups in total. The average Bonchev–Trinajstić information content (AvgIpc) is 2.93. The molecule has 0 spiro atoms. The minimum atomic E-state index is -0.946. The zero-order valence-electron chi connectivity index (χ0n) is 12.7. The summed E-state index contributed by atoms with van der Waals surface area (Å²) < 4.78 is 11.3. The predicted molar refractivity (Wildman–Crippen MR) is 82.9 cm³/mol. The number of aryl methyl sites for hydroxylation is 1. The number of hydrogen-bond donors (Lipinski definition) is 1. The van der Waals surface area contributed by atoms with Gasteiger partial charge in [-0.15, -0.1) is 0 Å². The van der Waals surface area contributed by atoms with E-state index >= 15 is 0 Å². The zero-order chi connectivity index (χ0) is 15.5. The fourth-order valence-electron chi connectivity index (χ4n) is 2.25. The molecule has 0 bridgehead atoms. The molecule has 1 amide bonds. The van der Waals surface area contributed by atoms with E-state index in [1.807, 2.05) is 13.0 Å². The van der Waals surface area contributed by atoms with E-state index in [1.165, 1.54) is 0 Å². The Labute approximate surface area is 130 Å². The van der Waals surface area contributed by atoms with Gasteiger partial charge in [0.05, 0.1) is 6.10 Å². The first kappa shape index (κ1) is 16.1. The summed E-state index contributed by atoms with van der Waals surface area (Å²) in [6, 6.07) is 5.37. The summed E-state index contributed by atoms with van der Waals surface area (Å²) in [5.74, 6) is 0.486. The maximum atomic E-state index is 12.3. The SMILES string of the molecule is Cc1cc(OC(C)(C)C(=O)NC[C@@H]2CCCO2)ccc1Cl. The minimum Gasteiger partial charge on any atom is -0.478 e. The molecule has 1 aromatic carbocycles. The Morgan fingerprint density at radius 3 is 2.90 bits per heavy atom. The fourth-order valence-corrected chi connectivity index (χ4v) is 2.36. The van der Waals surface area contributed by atoms with E-state index < -0.39 is 5.60 Å². The van der Waals surface area contributed by atoms with Crippen LogP contribution in [0, 0.1) is 6.92 Å². The van der Waals surface area contributed by atoms with Crippen molar-refractivity contribution in [2.45, 2.75) is 45.3 Å². The maximum Gasteiger partial charge on any atom is 0.263 e. The van der Waals surface area contributed by atoms with Crippen molar-refractivity contribution in [3.63, 3.8) is 0 Å². The molecule has 1 aliphatic rings. The first-order chi connectivity index (χ1) is 9.88. The molecule has 21 heavy (non-hydrogen) atoms. The van der Waals surface area contributed by atoms with Crippen LogP contribution in [0.1, 0.15) is 32.3 Å². The molecule has 1 saturated heterocycles. The van der Waals surface area contributed by atoms with Crippen LogP contribution in [0.5, 0.6) is 5.75 Å². The van der Waals surface area contributed by atoms with Crippen LogP contribution in [0.4, 0.5) is 0 Å². The van der Waals surface area contributed by atoms with Crippen LogP contribution in [0.3, 0.4) is 0 Å². The molecule has 0 aliphatic carbocycles. The maximum absolute atomic E-state index is 12.3. The van der Waals surface area contributed by atoms with Gasteiger partial charge in [0.1, 0.15) is 5.75 Å². The largest absolute Gasteiger partial charge is 0.478 e. The highest BCUT2D eigenvalue weighted by Crippen LogP contribution is 2.24. The Bertz CT molecular complexity index is 510. The van der Waals surface area contributed by atoms with Gasteiger partial charge in [-0.1, -0.05) is 11.6 Å². The number of halogens is 1. The van der Waals surface area contributed by atoms with Crippen LogP contribution in [-0.2, 0) is 9.53 Å². The number of hydrogen-bond acceptors (Lipinski definition) is 3. The van der Waals surface area contributed by atoms with Crippen molar-refractivity contribution in [2.75, 3.05) is 13.2 Å². The summed E-state index contributed by atoms with van der Waals surface area (Å²) in [7, 11) is 0. The minimum absolute atomic E-state index is 0.127. The lowest BCUT2D eigenvalue weighted by Gasteiger charge is -2.26. The van der Waals surface area contributed by atoms with Crippen LogP contribution in [-0.4, -0.2) is 30.8 Å². The molecule has 1 fully saturated rings. The van der Waals surface area contributed by atoms with Crippen molar-refractivity contribution in [3.05, 3.63) is 28.8 Å². The molecule has 1 heterocycles. The molecule has 116 valence electrons. The van der Waals surface area contributed by atoms with Crippen LogP contribution in [0.2, 0.25) is 5.02 Å². The molecule has 0 aromatic heterocycles. The first-order valence-electron chi connectivity index (χ1n) is 7.23. The second kappa shape index (κ2) is 6.67. The second-order valence-corrected chi connectivity index (χ2v) is 6.28. The summed E-state index contributed by atoms with van der Waals surface area (Å²) in [6.07, 6.45) is 2.19. The van der Waals surface area contributed by atoms with Gasteiger partial charge >= 0.3 is 0 Å². The second-order valence-electron chi connectivity index (χ2n) is 5.87. The number of benzene rings is 1. The van der Waals surface area contributed by atoms with Crippen LogP contribution >= 0.6 is 11.6 Å². The molecule has 4 nitrogen and oxygen atoms in total. The molecule has 1 aromatic rings. The van der Waals surface area contributed by atoms with Crippen molar-refractivity contribution in [3.8, 4) is 5.75 Å². The van der Waals surface area contributed by atoms with Gasteiger partial charge in [0.2, 0.25) is 0 Å². The molecule has 2 rings (SSSR count). The number of rotatable bonds is 5. The molecule has 0 unspecified atom stereocenters. The lowest BCUT2D eigenvalue weighted by molar-refractivity contribution is -0.134. The first-order valence-corrected chi connectivity index (χ1v) is 7.61. The van der Waals surface area contributed by atoms with Crippen molar-refractivity contribution < 1.29 is 14.3 Å². The standard InChI is InChI=1S/C16H22ClNO3/c1-11-9-12(6-7-14(11)17)21-16(2,3)15(19)18-10-13-5-4-8-20-13/h6-7,9,13H,4-5,8,10H2,1-3H3,(H,18,19)/t13-/m0/s1. The summed E-state index contributed by atoms with van der Waals surface area (Å²) in [6.45, 7) is 6.72. The van der Waals surface area contributed by atoms with Crippen molar-refractivity contribution in [1.82, 2.24) is 5.32 Å². The Kier molecular flexibility index (Phi) is 5.12. The van der Waals surface area contributed by atoms with Crippen LogP contribution in [0.15, 0.2) is 18.2 Å². The van der Waals surface area contributed by atoms with E-state index in [-0.39, 0.29) is 12.0 Å². The Morgan fingerprint density at radius 1 is 1.52 bits per heavy atom. The highest BCUT2D eigenvalue weighted by molar-refractivity contribution is 6.31. The van der Waals surface area contributed by atoms with Gasteiger partial charge in [-0.25, -0.2) is 0 Å². The van der Waals surface area contributed by atoms with E-state index in [1.54, 1.807) is 26.0 Å². The molecular weight excluding hydrogens is 290 g/mol. The van der Waals surface area contributed by atoms with Crippen LogP contribution in [0.25, 0.3) is 0 Å². The monoisotopic (exact) mass is 311 g/mol. The van der Waals surface area contributed by atoms with E-state index in [2.05, 4.69) is 5.32 Å². The third-order valence-corrected chi connectivity index (χ3v) is 3.99. The Balaban J connectivity index is 1.92. The fraction of sp³-hybridized carbons (Fsp3) is 0.562. The van der Waals surface area contributed by atoms with Gasteiger partial charge in [0, 0.05) is 18.2 Å². The van der Waals surface area contributed by atoms with E-state index in [4.69, 9.17) is 21.1 Å². The number of carbonyl (C=O) groups is 1. The topological polar surface area (TPSA) is 47.6 Å². The quantitative estimate of drug-likeness (QED) is 0.909. The molecular formula is C16H22ClNO3. The van der Waals surface area contributed by atoms with Gasteiger partial charge in [0.25, 0.3) is 5.91 Å². The molecule has 0 saturated carbocycles. The summed E-state index contributed by atoms with van der Waals surface area (Å²) in [4.78, 5) is 12.3. The van der Waals surface area contributed by atoms with Gasteiger partial charge < -0.3 is 14.8 Å². The Hall–Kier alpha value is -1.26. The highest BCUT2D eigenvalue weighted by Gasteiger charge is 2.30. The summed E-state index contributed by atoms with van der Waals surface area (Å²) in [5.41, 5.74) is -0.0245. The third kappa shape index (κ3) is 4.35. The van der Waals surface area contributed by atoms with Crippen molar-refractivity contribution in [1.29, 1.82) is 0 Å². The predicted octanol–water partition coefficient (Wildman–Crippen LogP) is 3.10. The number of amides is 1. The lowest BCUT2D eigenvalue weighted by atomic mass is 10.1. The van der Waals surface area contributed by atoms with Gasteiger partial charge in [-0.2, -0.15) is 0 Å². The third-order valence-electron chi connectivity index (χ3n) is 3.56. The smallest absolute Gasteiger partial charge is 0.263 e. The zero-order valence-corrected chi connectivity index (χ0v) is 13.5. The number of ether oxygens (including phenoxy) is 2. The van der Waals surface area contributed by atoms with Crippen LogP contribution < -0.4 is 10.1 Å². The van der Waals surface area contributed by atoms with Crippen molar-refractivity contribution >= 4 is 17.5 Å². The van der Waals surface area contributed by atoms with Crippen molar-refractivity contribution in [2.24, 2.45) is 0 Å². The average molecular weight is 312 g/mol. The Morgan fingerprint density at radius 2 is 2.29 bits per heavy atom. The summed E-state index contributed by atoms with van der Waals surface area (Å²) >= 11 is 5.99. The molecule has 5 heteroatoms. The molecule has 0 radical (unpaired) electrons. The van der Waals surface area contributed by atoms with E-state index in [9.17, 15) is 4.79 Å².